The Morgan fingerprint density at radius 2 is 1.92 bits per heavy atom. The van der Waals surface area contributed by atoms with Gasteiger partial charge in [0.2, 0.25) is 0 Å². The van der Waals surface area contributed by atoms with E-state index < -0.39 is 11.9 Å². The zero-order valence-corrected chi connectivity index (χ0v) is 14.8. The van der Waals surface area contributed by atoms with Crippen molar-refractivity contribution in [3.05, 3.63) is 51.2 Å². The number of amides is 1. The smallest absolute Gasteiger partial charge is 0.306 e. The number of hydrogen-bond acceptors (Lipinski definition) is 6. The minimum atomic E-state index is -0.575. The Hall–Kier alpha value is -2.38. The molecule has 0 unspecified atom stereocenters. The van der Waals surface area contributed by atoms with Gasteiger partial charge in [0.15, 0.2) is 12.4 Å². The van der Waals surface area contributed by atoms with Crippen LogP contribution < -0.4 is 10.5 Å². The summed E-state index contributed by atoms with van der Waals surface area (Å²) in [4.78, 5) is 34.9. The van der Waals surface area contributed by atoms with Crippen LogP contribution >= 0.6 is 22.9 Å². The molecular formula is C17H16ClNO5S. The van der Waals surface area contributed by atoms with Crippen LogP contribution in [0.5, 0.6) is 5.75 Å². The van der Waals surface area contributed by atoms with E-state index in [0.717, 1.165) is 0 Å². The van der Waals surface area contributed by atoms with E-state index in [4.69, 9.17) is 26.8 Å². The maximum atomic E-state index is 11.9. The summed E-state index contributed by atoms with van der Waals surface area (Å²) < 4.78 is 10.8. The first-order valence-corrected chi connectivity index (χ1v) is 8.57. The van der Waals surface area contributed by atoms with Crippen molar-refractivity contribution in [2.45, 2.75) is 19.4 Å². The molecule has 0 saturated heterocycles. The van der Waals surface area contributed by atoms with Crippen LogP contribution in [-0.2, 0) is 20.9 Å². The van der Waals surface area contributed by atoms with E-state index in [2.05, 4.69) is 0 Å². The Morgan fingerprint density at radius 1 is 1.12 bits per heavy atom. The summed E-state index contributed by atoms with van der Waals surface area (Å²) in [6, 6.07) is 10.1. The lowest BCUT2D eigenvalue weighted by Crippen LogP contribution is -2.20. The van der Waals surface area contributed by atoms with Crippen molar-refractivity contribution in [3.8, 4) is 5.75 Å². The number of hydrogen-bond donors (Lipinski definition) is 1. The van der Waals surface area contributed by atoms with E-state index >= 15 is 0 Å². The first-order chi connectivity index (χ1) is 11.9. The van der Waals surface area contributed by atoms with E-state index in [9.17, 15) is 14.4 Å². The van der Waals surface area contributed by atoms with Crippen molar-refractivity contribution in [1.29, 1.82) is 0 Å². The number of halogens is 1. The summed E-state index contributed by atoms with van der Waals surface area (Å²) in [6.07, 6.45) is 0.0592. The fraction of sp³-hybridized carbons (Fsp3) is 0.235. The molecule has 1 amide bonds. The molecule has 0 saturated carbocycles. The number of ether oxygens (including phenoxy) is 2. The largest absolute Gasteiger partial charge is 0.484 e. The van der Waals surface area contributed by atoms with Crippen molar-refractivity contribution in [3.63, 3.8) is 0 Å². The topological polar surface area (TPSA) is 95.7 Å². The first-order valence-electron chi connectivity index (χ1n) is 7.38. The van der Waals surface area contributed by atoms with Crippen LogP contribution in [0.2, 0.25) is 4.34 Å². The highest BCUT2D eigenvalue weighted by molar-refractivity contribution is 7.18. The van der Waals surface area contributed by atoms with E-state index in [1.165, 1.54) is 11.3 Å². The summed E-state index contributed by atoms with van der Waals surface area (Å²) in [5.74, 6) is -0.735. The first kappa shape index (κ1) is 19.0. The van der Waals surface area contributed by atoms with Gasteiger partial charge in [-0.15, -0.1) is 11.3 Å². The van der Waals surface area contributed by atoms with Crippen molar-refractivity contribution in [1.82, 2.24) is 0 Å². The number of ketones is 1. The third-order valence-electron chi connectivity index (χ3n) is 3.08. The number of Topliss-reactive ketones (excluding diaryl/α,β-unsaturated/α-hetero) is 1. The van der Waals surface area contributed by atoms with Crippen LogP contribution in [0.15, 0.2) is 36.4 Å². The molecule has 2 rings (SSSR count). The molecule has 0 fully saturated rings. The fourth-order valence-electron chi connectivity index (χ4n) is 1.92. The quantitative estimate of drug-likeness (QED) is 0.532. The predicted molar refractivity (Wildman–Crippen MR) is 93.8 cm³/mol. The highest BCUT2D eigenvalue weighted by atomic mass is 35.5. The van der Waals surface area contributed by atoms with Gasteiger partial charge in [0.05, 0.1) is 15.6 Å². The molecule has 132 valence electrons. The average molecular weight is 382 g/mol. The molecule has 6 nitrogen and oxygen atoms in total. The fourth-order valence-corrected chi connectivity index (χ4v) is 2.93. The van der Waals surface area contributed by atoms with Gasteiger partial charge in [-0.3, -0.25) is 14.4 Å². The lowest BCUT2D eigenvalue weighted by molar-refractivity contribution is -0.144. The monoisotopic (exact) mass is 381 g/mol. The molecule has 0 atom stereocenters. The van der Waals surface area contributed by atoms with Crippen molar-refractivity contribution in [2.75, 3.05) is 6.61 Å². The number of nitrogens with two attached hydrogens (primary N) is 1. The van der Waals surface area contributed by atoms with Gasteiger partial charge in [-0.2, -0.15) is 0 Å². The maximum absolute atomic E-state index is 11.9. The Kier molecular flexibility index (Phi) is 6.97. The molecule has 1 aromatic carbocycles. The molecule has 0 aliphatic carbocycles. The Balaban J connectivity index is 1.77. The SMILES string of the molecule is NC(=O)COc1cccc(COC(=O)CCC(=O)c2ccc(Cl)s2)c1. The summed E-state index contributed by atoms with van der Waals surface area (Å²) >= 11 is 6.96. The Bertz CT molecular complexity index is 774. The zero-order valence-electron chi connectivity index (χ0n) is 13.2. The lowest BCUT2D eigenvalue weighted by atomic mass is 10.2. The maximum Gasteiger partial charge on any atom is 0.306 e. The van der Waals surface area contributed by atoms with Crippen LogP contribution in [0.4, 0.5) is 0 Å². The molecule has 2 N–H and O–H groups in total. The number of carbonyl (C=O) groups excluding carboxylic acids is 3. The second kappa shape index (κ2) is 9.19. The van der Waals surface area contributed by atoms with Crippen molar-refractivity contribution >= 4 is 40.6 Å². The molecule has 2 aromatic rings. The molecule has 0 radical (unpaired) electrons. The van der Waals surface area contributed by atoms with E-state index in [1.54, 1.807) is 36.4 Å². The van der Waals surface area contributed by atoms with Gasteiger partial charge in [0, 0.05) is 6.42 Å². The van der Waals surface area contributed by atoms with E-state index in [-0.39, 0.29) is 31.8 Å². The van der Waals surface area contributed by atoms with Gasteiger partial charge in [-0.05, 0) is 29.8 Å². The van der Waals surface area contributed by atoms with Gasteiger partial charge in [0.1, 0.15) is 12.4 Å². The van der Waals surface area contributed by atoms with Crippen LogP contribution in [0.25, 0.3) is 0 Å². The number of carbonyl (C=O) groups is 3. The number of thiophene rings is 1. The van der Waals surface area contributed by atoms with Gasteiger partial charge >= 0.3 is 5.97 Å². The summed E-state index contributed by atoms with van der Waals surface area (Å²) in [5, 5.41) is 0. The van der Waals surface area contributed by atoms with Crippen molar-refractivity contribution in [2.24, 2.45) is 5.73 Å². The molecule has 0 aliphatic rings. The molecule has 0 bridgehead atoms. The van der Waals surface area contributed by atoms with Gasteiger partial charge in [-0.1, -0.05) is 23.7 Å². The van der Waals surface area contributed by atoms with Crippen molar-refractivity contribution < 1.29 is 23.9 Å². The number of primary amides is 1. The van der Waals surface area contributed by atoms with Crippen LogP contribution in [-0.4, -0.2) is 24.3 Å². The van der Waals surface area contributed by atoms with Gasteiger partial charge < -0.3 is 15.2 Å². The summed E-state index contributed by atoms with van der Waals surface area (Å²) in [7, 11) is 0. The van der Waals surface area contributed by atoms with Gasteiger partial charge in [0.25, 0.3) is 5.91 Å². The minimum absolute atomic E-state index is 0.00772. The van der Waals surface area contributed by atoms with Crippen LogP contribution in [0.1, 0.15) is 28.1 Å². The molecule has 0 aliphatic heterocycles. The Morgan fingerprint density at radius 3 is 2.60 bits per heavy atom. The summed E-state index contributed by atoms with van der Waals surface area (Å²) in [5.41, 5.74) is 5.71. The van der Waals surface area contributed by atoms with Gasteiger partial charge in [-0.25, -0.2) is 0 Å². The molecule has 1 heterocycles. The third kappa shape index (κ3) is 6.56. The molecule has 1 aromatic heterocycles. The molecule has 0 spiro atoms. The lowest BCUT2D eigenvalue weighted by Gasteiger charge is -2.07. The normalized spacial score (nSPS) is 10.3. The Labute approximate surface area is 153 Å². The second-order valence-corrected chi connectivity index (χ2v) is 6.81. The summed E-state index contributed by atoms with van der Waals surface area (Å²) in [6.45, 7) is -0.177. The highest BCUT2D eigenvalue weighted by Gasteiger charge is 2.12. The molecule has 8 heteroatoms. The molecule has 25 heavy (non-hydrogen) atoms. The van der Waals surface area contributed by atoms with Crippen LogP contribution in [0.3, 0.4) is 0 Å². The zero-order chi connectivity index (χ0) is 18.2. The number of benzene rings is 1. The average Bonchev–Trinajstić information content (AvgIpc) is 3.03. The van der Waals surface area contributed by atoms with E-state index in [0.29, 0.717) is 20.5 Å². The second-order valence-electron chi connectivity index (χ2n) is 5.09. The van der Waals surface area contributed by atoms with E-state index in [1.807, 2.05) is 0 Å². The number of esters is 1. The molecular weight excluding hydrogens is 366 g/mol. The standard InChI is InChI=1S/C17H16ClNO5S/c18-15-6-5-14(25-15)13(20)4-7-17(22)24-9-11-2-1-3-12(8-11)23-10-16(19)21/h1-3,5-6,8H,4,7,9-10H2,(H2,19,21). The third-order valence-corrected chi connectivity index (χ3v) is 4.36. The highest BCUT2D eigenvalue weighted by Crippen LogP contribution is 2.23. The predicted octanol–water partition coefficient (Wildman–Crippen LogP) is 2.97. The van der Waals surface area contributed by atoms with Crippen LogP contribution in [0, 0.1) is 0 Å². The minimum Gasteiger partial charge on any atom is -0.484 e. The number of rotatable bonds is 9.